The first-order valence-electron chi connectivity index (χ1n) is 5.81. The van der Waals surface area contributed by atoms with E-state index in [-0.39, 0.29) is 11.9 Å². The summed E-state index contributed by atoms with van der Waals surface area (Å²) in [5.41, 5.74) is 1.88. The Morgan fingerprint density at radius 1 is 1.47 bits per heavy atom. The van der Waals surface area contributed by atoms with Crippen molar-refractivity contribution in [2.45, 2.75) is 6.04 Å². The maximum Gasteiger partial charge on any atom is 0.274 e. The molecule has 6 heteroatoms. The Morgan fingerprint density at radius 2 is 2.16 bits per heavy atom. The van der Waals surface area contributed by atoms with E-state index < -0.39 is 0 Å². The summed E-state index contributed by atoms with van der Waals surface area (Å²) in [6, 6.07) is 10.0. The van der Waals surface area contributed by atoms with Crippen LogP contribution in [0.3, 0.4) is 0 Å². The van der Waals surface area contributed by atoms with Crippen LogP contribution in [0.2, 0.25) is 0 Å². The smallest absolute Gasteiger partial charge is 0.274 e. The molecule has 4 nitrogen and oxygen atoms in total. The van der Waals surface area contributed by atoms with Crippen LogP contribution in [0.4, 0.5) is 0 Å². The Kier molecular flexibility index (Phi) is 5.26. The molecule has 0 aliphatic carbocycles. The zero-order chi connectivity index (χ0) is 13.8. The van der Waals surface area contributed by atoms with E-state index in [0.29, 0.717) is 0 Å². The minimum Gasteiger partial charge on any atom is -0.274 e. The number of likely N-dealkylation sites (N-methyl/N-ethyl adjacent to an activating group) is 1. The summed E-state index contributed by atoms with van der Waals surface area (Å²) < 4.78 is 2.17. The Morgan fingerprint density at radius 3 is 2.74 bits per heavy atom. The van der Waals surface area contributed by atoms with Gasteiger partial charge in [0.25, 0.3) is 5.91 Å². The van der Waals surface area contributed by atoms with E-state index in [1.807, 2.05) is 36.4 Å². The van der Waals surface area contributed by atoms with Gasteiger partial charge in [0, 0.05) is 40.4 Å². The average molecular weight is 390 g/mol. The molecule has 1 aliphatic heterocycles. The second-order valence-electron chi connectivity index (χ2n) is 4.13. The van der Waals surface area contributed by atoms with Crippen molar-refractivity contribution in [1.82, 2.24) is 9.37 Å². The number of halogens is 1. The van der Waals surface area contributed by atoms with Crippen molar-refractivity contribution in [1.29, 1.82) is 0 Å². The number of amides is 1. The monoisotopic (exact) mass is 390 g/mol. The molecule has 19 heavy (non-hydrogen) atoms. The summed E-state index contributed by atoms with van der Waals surface area (Å²) in [5.74, 6) is -0.0932. The lowest BCUT2D eigenvalue weighted by Gasteiger charge is -2.25. The van der Waals surface area contributed by atoms with Gasteiger partial charge < -0.3 is 0 Å². The SMILES string of the molecule is CON(C)C(=O)C1=CCN(SI)C1c1ccccc1. The predicted molar refractivity (Wildman–Crippen MR) is 85.4 cm³/mol. The topological polar surface area (TPSA) is 32.8 Å². The van der Waals surface area contributed by atoms with Crippen LogP contribution in [0, 0.1) is 0 Å². The van der Waals surface area contributed by atoms with Gasteiger partial charge in [-0.2, -0.15) is 0 Å². The molecule has 1 aromatic carbocycles. The van der Waals surface area contributed by atoms with E-state index in [1.54, 1.807) is 16.2 Å². The first-order valence-corrected chi connectivity index (χ1v) is 9.13. The predicted octanol–water partition coefficient (Wildman–Crippen LogP) is 2.99. The summed E-state index contributed by atoms with van der Waals surface area (Å²) in [7, 11) is 4.74. The number of nitrogens with zero attached hydrogens (tertiary/aromatic N) is 2. The molecule has 0 saturated heterocycles. The molecule has 1 aliphatic rings. The number of rotatable bonds is 4. The fourth-order valence-electron chi connectivity index (χ4n) is 2.08. The molecule has 0 aromatic heterocycles. The van der Waals surface area contributed by atoms with Crippen molar-refractivity contribution in [3.05, 3.63) is 47.5 Å². The summed E-state index contributed by atoms with van der Waals surface area (Å²) in [6.07, 6.45) is 1.97. The molecular weight excluding hydrogens is 375 g/mol. The second-order valence-corrected chi connectivity index (χ2v) is 5.92. The lowest BCUT2D eigenvalue weighted by atomic mass is 10.0. The van der Waals surface area contributed by atoms with Gasteiger partial charge in [-0.15, -0.1) is 0 Å². The van der Waals surface area contributed by atoms with Crippen LogP contribution in [0.1, 0.15) is 11.6 Å². The van der Waals surface area contributed by atoms with Gasteiger partial charge in [-0.1, -0.05) is 36.4 Å². The summed E-state index contributed by atoms with van der Waals surface area (Å²) >= 11 is 2.24. The highest BCUT2D eigenvalue weighted by molar-refractivity contribution is 14.2. The molecular formula is C13H15IN2O2S. The Bertz CT molecular complexity index is 481. The van der Waals surface area contributed by atoms with E-state index in [4.69, 9.17) is 4.84 Å². The van der Waals surface area contributed by atoms with Gasteiger partial charge in [0.15, 0.2) is 0 Å². The summed E-state index contributed by atoms with van der Waals surface area (Å²) in [4.78, 5) is 17.3. The second kappa shape index (κ2) is 6.74. The van der Waals surface area contributed by atoms with Crippen molar-refractivity contribution < 1.29 is 9.63 Å². The number of benzene rings is 1. The van der Waals surface area contributed by atoms with Crippen LogP contribution in [0.5, 0.6) is 0 Å². The third-order valence-corrected chi connectivity index (χ3v) is 5.14. The number of carbonyl (C=O) groups is 1. The Balaban J connectivity index is 2.31. The van der Waals surface area contributed by atoms with Crippen LogP contribution in [-0.4, -0.2) is 36.0 Å². The van der Waals surface area contributed by atoms with Crippen molar-refractivity contribution in [3.63, 3.8) is 0 Å². The van der Waals surface area contributed by atoms with Gasteiger partial charge >= 0.3 is 0 Å². The average Bonchev–Trinajstić information content (AvgIpc) is 2.90. The van der Waals surface area contributed by atoms with Crippen LogP contribution < -0.4 is 0 Å². The van der Waals surface area contributed by atoms with Gasteiger partial charge in [0.05, 0.1) is 13.2 Å². The lowest BCUT2D eigenvalue weighted by molar-refractivity contribution is -0.164. The standard InChI is InChI=1S/C13H15IN2O2S/c1-15(18-2)13(17)11-8-9-16(19-14)12(11)10-6-4-3-5-7-10/h3-8,12H,9H2,1-2H3. The highest BCUT2D eigenvalue weighted by Gasteiger charge is 2.34. The number of hydrogen-bond acceptors (Lipinski definition) is 4. The van der Waals surface area contributed by atoms with E-state index in [1.165, 1.54) is 12.2 Å². The van der Waals surface area contributed by atoms with Gasteiger partial charge in [0.1, 0.15) is 0 Å². The Hall–Kier alpha value is -0.570. The molecule has 1 aromatic rings. The third-order valence-electron chi connectivity index (χ3n) is 3.08. The summed E-state index contributed by atoms with van der Waals surface area (Å²) in [6.45, 7) is 0.756. The molecule has 102 valence electrons. The van der Waals surface area contributed by atoms with Gasteiger partial charge in [-0.05, 0) is 14.7 Å². The quantitative estimate of drug-likeness (QED) is 0.450. The molecule has 0 radical (unpaired) electrons. The molecule has 1 unspecified atom stereocenters. The molecule has 0 bridgehead atoms. The molecule has 1 amide bonds. The minimum atomic E-state index is -0.0932. The minimum absolute atomic E-state index is 0.0202. The molecule has 0 N–H and O–H groups in total. The van der Waals surface area contributed by atoms with Gasteiger partial charge in [-0.25, -0.2) is 9.37 Å². The fraction of sp³-hybridized carbons (Fsp3) is 0.308. The molecule has 1 atom stereocenters. The normalized spacial score (nSPS) is 19.3. The zero-order valence-corrected chi connectivity index (χ0v) is 13.7. The molecule has 0 spiro atoms. The molecule has 0 saturated carbocycles. The maximum atomic E-state index is 12.3. The van der Waals surface area contributed by atoms with Crippen molar-refractivity contribution in [2.24, 2.45) is 0 Å². The highest BCUT2D eigenvalue weighted by Crippen LogP contribution is 2.40. The van der Waals surface area contributed by atoms with Crippen LogP contribution in [0.15, 0.2) is 42.0 Å². The highest BCUT2D eigenvalue weighted by atomic mass is 127. The maximum absolute atomic E-state index is 12.3. The van der Waals surface area contributed by atoms with E-state index in [0.717, 1.165) is 17.7 Å². The molecule has 2 rings (SSSR count). The molecule has 1 heterocycles. The fourth-order valence-corrected chi connectivity index (χ4v) is 3.69. The summed E-state index contributed by atoms with van der Waals surface area (Å²) in [5, 5.41) is 1.27. The third kappa shape index (κ3) is 3.13. The number of hydrogen-bond donors (Lipinski definition) is 0. The number of hydroxylamine groups is 2. The van der Waals surface area contributed by atoms with Crippen molar-refractivity contribution >= 4 is 36.2 Å². The zero-order valence-electron chi connectivity index (χ0n) is 10.7. The first kappa shape index (κ1) is 14.8. The number of carbonyl (C=O) groups excluding carboxylic acids is 1. The Labute approximate surface area is 129 Å². The van der Waals surface area contributed by atoms with E-state index in [9.17, 15) is 4.79 Å². The molecule has 0 fully saturated rings. The van der Waals surface area contributed by atoms with Gasteiger partial charge in [0.2, 0.25) is 0 Å². The van der Waals surface area contributed by atoms with Gasteiger partial charge in [-0.3, -0.25) is 9.63 Å². The van der Waals surface area contributed by atoms with Crippen LogP contribution >= 0.6 is 30.3 Å². The van der Waals surface area contributed by atoms with Crippen LogP contribution in [-0.2, 0) is 9.63 Å². The largest absolute Gasteiger partial charge is 0.274 e. The van der Waals surface area contributed by atoms with Crippen molar-refractivity contribution in [3.8, 4) is 0 Å². The lowest BCUT2D eigenvalue weighted by Crippen LogP contribution is -2.30. The van der Waals surface area contributed by atoms with Crippen LogP contribution in [0.25, 0.3) is 0 Å². The van der Waals surface area contributed by atoms with E-state index >= 15 is 0 Å². The van der Waals surface area contributed by atoms with Crippen molar-refractivity contribution in [2.75, 3.05) is 20.7 Å². The first-order chi connectivity index (χ1) is 9.19. The van der Waals surface area contributed by atoms with E-state index in [2.05, 4.69) is 25.5 Å².